The first-order valence-electron chi connectivity index (χ1n) is 4.48. The number of hydrogen-bond donors (Lipinski definition) is 0. The van der Waals surface area contributed by atoms with Crippen LogP contribution in [0.5, 0.6) is 0 Å². The predicted octanol–water partition coefficient (Wildman–Crippen LogP) is 0.661. The molecule has 0 aliphatic carbocycles. The van der Waals surface area contributed by atoms with Crippen LogP contribution in [0.3, 0.4) is 0 Å². The van der Waals surface area contributed by atoms with E-state index in [1.54, 1.807) is 0 Å². The van der Waals surface area contributed by atoms with Gasteiger partial charge < -0.3 is 0 Å². The minimum Gasteiger partial charge on any atom is -0.296 e. The minimum atomic E-state index is 0.612. The molecule has 0 saturated heterocycles. The summed E-state index contributed by atoms with van der Waals surface area (Å²) in [6.45, 7) is 4.64. The van der Waals surface area contributed by atoms with Gasteiger partial charge in [0.1, 0.15) is 5.69 Å². The first kappa shape index (κ1) is 8.44. The first-order valence-corrected chi connectivity index (χ1v) is 4.48. The number of aldehydes is 1. The van der Waals surface area contributed by atoms with Gasteiger partial charge in [-0.2, -0.15) is 5.10 Å². The molecule has 4 nitrogen and oxygen atoms in total. The van der Waals surface area contributed by atoms with E-state index in [9.17, 15) is 4.79 Å². The van der Waals surface area contributed by atoms with Crippen LogP contribution in [0, 0.1) is 0 Å². The average Bonchev–Trinajstić information content (AvgIpc) is 2.61. The summed E-state index contributed by atoms with van der Waals surface area (Å²) in [6.07, 6.45) is 0.851. The van der Waals surface area contributed by atoms with Gasteiger partial charge in [0, 0.05) is 25.2 Å². The highest BCUT2D eigenvalue weighted by Gasteiger charge is 2.24. The Bertz CT molecular complexity index is 343. The zero-order valence-corrected chi connectivity index (χ0v) is 7.95. The number of fused-ring (bicyclic) bond motifs is 1. The molecule has 2 heterocycles. The Morgan fingerprint density at radius 3 is 2.92 bits per heavy atom. The van der Waals surface area contributed by atoms with Gasteiger partial charge in [0.2, 0.25) is 0 Å². The fourth-order valence-electron chi connectivity index (χ4n) is 1.84. The van der Waals surface area contributed by atoms with Crippen molar-refractivity contribution in [3.8, 4) is 0 Å². The van der Waals surface area contributed by atoms with Crippen LogP contribution in [0.1, 0.15) is 28.7 Å². The molecule has 0 fully saturated rings. The van der Waals surface area contributed by atoms with E-state index in [0.29, 0.717) is 5.69 Å². The van der Waals surface area contributed by atoms with E-state index < -0.39 is 0 Å². The van der Waals surface area contributed by atoms with Gasteiger partial charge >= 0.3 is 0 Å². The van der Waals surface area contributed by atoms with Crippen LogP contribution in [0.25, 0.3) is 0 Å². The lowest BCUT2D eigenvalue weighted by atomic mass is 10.2. The normalized spacial score (nSPS) is 16.2. The van der Waals surface area contributed by atoms with E-state index in [1.807, 2.05) is 11.6 Å². The van der Waals surface area contributed by atoms with Crippen molar-refractivity contribution < 1.29 is 4.79 Å². The Kier molecular flexibility index (Phi) is 1.92. The zero-order valence-electron chi connectivity index (χ0n) is 7.95. The highest BCUT2D eigenvalue weighted by atomic mass is 16.1. The Morgan fingerprint density at radius 2 is 2.31 bits per heavy atom. The summed E-state index contributed by atoms with van der Waals surface area (Å²) in [4.78, 5) is 12.9. The van der Waals surface area contributed by atoms with Crippen molar-refractivity contribution in [2.75, 3.05) is 7.05 Å². The molecule has 0 radical (unpaired) electrons. The Morgan fingerprint density at radius 1 is 1.54 bits per heavy atom. The van der Waals surface area contributed by atoms with Gasteiger partial charge in [-0.05, 0) is 14.0 Å². The first-order chi connectivity index (χ1) is 6.26. The van der Waals surface area contributed by atoms with E-state index in [0.717, 1.165) is 31.5 Å². The number of carbonyl (C=O) groups is 1. The second-order valence-electron chi connectivity index (χ2n) is 3.42. The van der Waals surface area contributed by atoms with E-state index in [1.165, 1.54) is 5.69 Å². The molecule has 0 amide bonds. The van der Waals surface area contributed by atoms with Crippen LogP contribution >= 0.6 is 0 Å². The Labute approximate surface area is 77.1 Å². The average molecular weight is 179 g/mol. The molecule has 1 aromatic heterocycles. The summed E-state index contributed by atoms with van der Waals surface area (Å²) in [5.41, 5.74) is 2.92. The number of nitrogens with zero attached hydrogens (tertiary/aromatic N) is 3. The monoisotopic (exact) mass is 179 g/mol. The summed E-state index contributed by atoms with van der Waals surface area (Å²) >= 11 is 0. The van der Waals surface area contributed by atoms with Crippen LogP contribution in [0.2, 0.25) is 0 Å². The van der Waals surface area contributed by atoms with Crippen molar-refractivity contribution in [3.63, 3.8) is 0 Å². The van der Waals surface area contributed by atoms with Gasteiger partial charge in [0.25, 0.3) is 0 Å². The van der Waals surface area contributed by atoms with Gasteiger partial charge in [0.05, 0.1) is 5.69 Å². The molecule has 0 saturated carbocycles. The van der Waals surface area contributed by atoms with Crippen molar-refractivity contribution in [1.82, 2.24) is 14.7 Å². The van der Waals surface area contributed by atoms with Gasteiger partial charge in [0.15, 0.2) is 6.29 Å². The lowest BCUT2D eigenvalue weighted by molar-refractivity contribution is 0.111. The van der Waals surface area contributed by atoms with Gasteiger partial charge in [-0.25, -0.2) is 0 Å². The van der Waals surface area contributed by atoms with Crippen LogP contribution in [0.4, 0.5) is 0 Å². The summed E-state index contributed by atoms with van der Waals surface area (Å²) < 4.78 is 1.92. The highest BCUT2D eigenvalue weighted by Crippen LogP contribution is 2.23. The number of hydrogen-bond acceptors (Lipinski definition) is 3. The van der Waals surface area contributed by atoms with E-state index >= 15 is 0 Å². The van der Waals surface area contributed by atoms with Crippen molar-refractivity contribution in [2.45, 2.75) is 26.6 Å². The van der Waals surface area contributed by atoms with Crippen LogP contribution in [0.15, 0.2) is 0 Å². The number of aryl methyl sites for hydroxylation is 1. The fourth-order valence-corrected chi connectivity index (χ4v) is 1.84. The van der Waals surface area contributed by atoms with Gasteiger partial charge in [-0.3, -0.25) is 14.4 Å². The molecule has 0 unspecified atom stereocenters. The molecular formula is C9H13N3O. The second-order valence-corrected chi connectivity index (χ2v) is 3.42. The molecule has 0 N–H and O–H groups in total. The number of carbonyl (C=O) groups excluding carboxylic acids is 1. The lowest BCUT2D eigenvalue weighted by Gasteiger charge is -2.06. The van der Waals surface area contributed by atoms with Crippen molar-refractivity contribution in [1.29, 1.82) is 0 Å². The molecule has 0 bridgehead atoms. The third kappa shape index (κ3) is 1.18. The number of aromatic nitrogens is 2. The third-order valence-electron chi connectivity index (χ3n) is 2.46. The molecule has 1 aromatic rings. The molecule has 0 spiro atoms. The minimum absolute atomic E-state index is 0.612. The highest BCUT2D eigenvalue weighted by molar-refractivity contribution is 5.75. The van der Waals surface area contributed by atoms with Crippen LogP contribution < -0.4 is 0 Å². The summed E-state index contributed by atoms with van der Waals surface area (Å²) in [7, 11) is 2.05. The molecule has 1 aliphatic rings. The zero-order chi connectivity index (χ0) is 9.42. The molecule has 70 valence electrons. The van der Waals surface area contributed by atoms with Crippen LogP contribution in [-0.2, 0) is 19.6 Å². The molecule has 1 aliphatic heterocycles. The van der Waals surface area contributed by atoms with Crippen molar-refractivity contribution in [3.05, 3.63) is 17.0 Å². The summed E-state index contributed by atoms with van der Waals surface area (Å²) in [5.74, 6) is 0. The molecule has 13 heavy (non-hydrogen) atoms. The van der Waals surface area contributed by atoms with Crippen LogP contribution in [-0.4, -0.2) is 28.0 Å². The molecule has 4 heteroatoms. The number of rotatable bonds is 2. The van der Waals surface area contributed by atoms with E-state index in [4.69, 9.17) is 0 Å². The summed E-state index contributed by atoms with van der Waals surface area (Å²) in [6, 6.07) is 0. The fraction of sp³-hybridized carbons (Fsp3) is 0.556. The predicted molar refractivity (Wildman–Crippen MR) is 48.5 cm³/mol. The molecule has 0 atom stereocenters. The Balaban J connectivity index is 2.49. The maximum atomic E-state index is 10.7. The maximum Gasteiger partial charge on any atom is 0.170 e. The summed E-state index contributed by atoms with van der Waals surface area (Å²) in [5, 5.41) is 4.23. The van der Waals surface area contributed by atoms with Gasteiger partial charge in [-0.1, -0.05) is 0 Å². The molecular weight excluding hydrogens is 166 g/mol. The van der Waals surface area contributed by atoms with E-state index in [-0.39, 0.29) is 0 Å². The van der Waals surface area contributed by atoms with Crippen molar-refractivity contribution >= 4 is 6.29 Å². The second kappa shape index (κ2) is 2.96. The Hall–Kier alpha value is -1.16. The van der Waals surface area contributed by atoms with Crippen molar-refractivity contribution in [2.24, 2.45) is 0 Å². The smallest absolute Gasteiger partial charge is 0.170 e. The van der Waals surface area contributed by atoms with Gasteiger partial charge in [-0.15, -0.1) is 0 Å². The van der Waals surface area contributed by atoms with E-state index in [2.05, 4.69) is 17.0 Å². The SMILES string of the molecule is CCn1nc(C=O)c2c1CN(C)C2. The largest absolute Gasteiger partial charge is 0.296 e. The molecule has 2 rings (SSSR count). The topological polar surface area (TPSA) is 38.1 Å². The quantitative estimate of drug-likeness (QED) is 0.626. The standard InChI is InChI=1S/C9H13N3O/c1-3-12-9-5-11(2)4-7(9)8(6-13)10-12/h6H,3-5H2,1-2H3. The maximum absolute atomic E-state index is 10.7. The lowest BCUT2D eigenvalue weighted by Crippen LogP contribution is -2.12. The third-order valence-corrected chi connectivity index (χ3v) is 2.46. The molecule has 0 aromatic carbocycles.